The number of hydrogen-bond donors (Lipinski definition) is 2. The fraction of sp³-hybridized carbons (Fsp3) is 0.417. The minimum atomic E-state index is -0.573. The van der Waals surface area contributed by atoms with Crippen LogP contribution in [0.1, 0.15) is 12.8 Å². The van der Waals surface area contributed by atoms with Crippen molar-refractivity contribution in [3.05, 3.63) is 33.3 Å². The maximum atomic E-state index is 11.3. The third-order valence-electron chi connectivity index (χ3n) is 3.09. The fourth-order valence-corrected chi connectivity index (χ4v) is 2.25. The fourth-order valence-electron chi connectivity index (χ4n) is 2.02. The molecule has 0 radical (unpaired) electrons. The lowest BCUT2D eigenvalue weighted by molar-refractivity contribution is -0.384. The number of benzene rings is 1. The number of carbonyl (C=O) groups excluding carboxylic acids is 1. The van der Waals surface area contributed by atoms with Gasteiger partial charge in [0, 0.05) is 12.1 Å². The van der Waals surface area contributed by atoms with E-state index in [1.165, 1.54) is 18.2 Å². The second kappa shape index (κ2) is 6.70. The number of rotatable bonds is 5. The molecular formula is C12H14ClN3O5. The molecule has 1 aliphatic rings. The SMILES string of the molecule is NNC(=O)C1CCC(COc2ccc([N+](=O)[O-])cc2Cl)O1. The molecule has 1 fully saturated rings. The van der Waals surface area contributed by atoms with Crippen LogP contribution in [-0.2, 0) is 9.53 Å². The Bertz CT molecular complexity index is 554. The lowest BCUT2D eigenvalue weighted by atomic mass is 10.2. The number of ether oxygens (including phenoxy) is 2. The highest BCUT2D eigenvalue weighted by Crippen LogP contribution is 2.29. The summed E-state index contributed by atoms with van der Waals surface area (Å²) in [6.07, 6.45) is 0.391. The number of nitrogens with one attached hydrogen (secondary N) is 1. The highest BCUT2D eigenvalue weighted by Gasteiger charge is 2.30. The van der Waals surface area contributed by atoms with Crippen molar-refractivity contribution in [1.82, 2.24) is 5.43 Å². The summed E-state index contributed by atoms with van der Waals surface area (Å²) >= 11 is 5.91. The molecule has 21 heavy (non-hydrogen) atoms. The minimum absolute atomic E-state index is 0.107. The molecule has 114 valence electrons. The number of nitro benzene ring substituents is 1. The minimum Gasteiger partial charge on any atom is -0.489 e. The van der Waals surface area contributed by atoms with E-state index in [9.17, 15) is 14.9 Å². The van der Waals surface area contributed by atoms with Gasteiger partial charge in [-0.25, -0.2) is 5.84 Å². The first-order valence-electron chi connectivity index (χ1n) is 6.24. The Morgan fingerprint density at radius 1 is 1.57 bits per heavy atom. The van der Waals surface area contributed by atoms with Gasteiger partial charge >= 0.3 is 0 Å². The van der Waals surface area contributed by atoms with Gasteiger partial charge in [-0.3, -0.25) is 20.3 Å². The average Bonchev–Trinajstić information content (AvgIpc) is 2.93. The Morgan fingerprint density at radius 2 is 2.33 bits per heavy atom. The van der Waals surface area contributed by atoms with Gasteiger partial charge in [0.1, 0.15) is 18.5 Å². The van der Waals surface area contributed by atoms with E-state index in [1.54, 1.807) is 0 Å². The molecule has 9 heteroatoms. The molecule has 1 amide bonds. The van der Waals surface area contributed by atoms with E-state index in [-0.39, 0.29) is 29.3 Å². The topological polar surface area (TPSA) is 117 Å². The number of carbonyl (C=O) groups is 1. The summed E-state index contributed by atoms with van der Waals surface area (Å²) in [5, 5.41) is 10.7. The van der Waals surface area contributed by atoms with E-state index in [4.69, 9.17) is 26.9 Å². The lowest BCUT2D eigenvalue weighted by Crippen LogP contribution is -2.39. The molecule has 0 spiro atoms. The molecular weight excluding hydrogens is 302 g/mol. The third kappa shape index (κ3) is 3.81. The molecule has 1 saturated heterocycles. The van der Waals surface area contributed by atoms with Crippen LogP contribution in [0.5, 0.6) is 5.75 Å². The van der Waals surface area contributed by atoms with Gasteiger partial charge in [-0.15, -0.1) is 0 Å². The van der Waals surface area contributed by atoms with Gasteiger partial charge in [0.25, 0.3) is 11.6 Å². The first-order valence-corrected chi connectivity index (χ1v) is 6.61. The molecule has 0 aliphatic carbocycles. The summed E-state index contributed by atoms with van der Waals surface area (Å²) in [7, 11) is 0. The number of nitrogens with zero attached hydrogens (tertiary/aromatic N) is 1. The standard InChI is InChI=1S/C12H14ClN3O5/c13-9-5-7(16(18)19)1-3-10(9)20-6-8-2-4-11(21-8)12(17)15-14/h1,3,5,8,11H,2,4,6,14H2,(H,15,17). The van der Waals surface area contributed by atoms with Gasteiger partial charge in [0.05, 0.1) is 16.0 Å². The van der Waals surface area contributed by atoms with E-state index in [0.29, 0.717) is 18.6 Å². The summed E-state index contributed by atoms with van der Waals surface area (Å²) in [5.41, 5.74) is 1.93. The highest BCUT2D eigenvalue weighted by atomic mass is 35.5. The lowest BCUT2D eigenvalue weighted by Gasteiger charge is -2.14. The number of nitro groups is 1. The van der Waals surface area contributed by atoms with Crippen LogP contribution >= 0.6 is 11.6 Å². The normalized spacial score (nSPS) is 21.0. The second-order valence-electron chi connectivity index (χ2n) is 4.52. The Labute approximate surface area is 125 Å². The molecule has 8 nitrogen and oxygen atoms in total. The van der Waals surface area contributed by atoms with E-state index < -0.39 is 11.0 Å². The molecule has 0 aromatic heterocycles. The van der Waals surface area contributed by atoms with E-state index in [2.05, 4.69) is 0 Å². The van der Waals surface area contributed by atoms with Crippen LogP contribution in [0, 0.1) is 10.1 Å². The van der Waals surface area contributed by atoms with Gasteiger partial charge in [-0.1, -0.05) is 11.6 Å². The van der Waals surface area contributed by atoms with Crippen LogP contribution in [0.2, 0.25) is 5.02 Å². The van der Waals surface area contributed by atoms with Crippen LogP contribution in [-0.4, -0.2) is 29.6 Å². The van der Waals surface area contributed by atoms with Crippen LogP contribution in [0.25, 0.3) is 0 Å². The van der Waals surface area contributed by atoms with Gasteiger partial charge in [0.2, 0.25) is 0 Å². The van der Waals surface area contributed by atoms with Crippen LogP contribution < -0.4 is 16.0 Å². The Hall–Kier alpha value is -1.90. The predicted molar refractivity (Wildman–Crippen MR) is 73.8 cm³/mol. The summed E-state index contributed by atoms with van der Waals surface area (Å²) in [4.78, 5) is 21.4. The van der Waals surface area contributed by atoms with Crippen molar-refractivity contribution < 1.29 is 19.2 Å². The smallest absolute Gasteiger partial charge is 0.271 e. The van der Waals surface area contributed by atoms with Crippen molar-refractivity contribution in [2.45, 2.75) is 25.0 Å². The quantitative estimate of drug-likeness (QED) is 0.364. The van der Waals surface area contributed by atoms with Crippen molar-refractivity contribution in [1.29, 1.82) is 0 Å². The number of non-ortho nitro benzene ring substituents is 1. The molecule has 1 aliphatic heterocycles. The Kier molecular flexibility index (Phi) is 4.94. The van der Waals surface area contributed by atoms with Gasteiger partial charge < -0.3 is 9.47 Å². The largest absolute Gasteiger partial charge is 0.489 e. The molecule has 1 aromatic carbocycles. The molecule has 2 unspecified atom stereocenters. The van der Waals surface area contributed by atoms with Gasteiger partial charge in [-0.2, -0.15) is 0 Å². The van der Waals surface area contributed by atoms with E-state index in [0.717, 1.165) is 0 Å². The zero-order chi connectivity index (χ0) is 15.4. The molecule has 2 atom stereocenters. The molecule has 2 rings (SSSR count). The van der Waals surface area contributed by atoms with Gasteiger partial charge in [0.15, 0.2) is 0 Å². The zero-order valence-electron chi connectivity index (χ0n) is 11.0. The Balaban J connectivity index is 1.89. The van der Waals surface area contributed by atoms with Gasteiger partial charge in [-0.05, 0) is 18.9 Å². The maximum absolute atomic E-state index is 11.3. The number of hydrogen-bond acceptors (Lipinski definition) is 6. The van der Waals surface area contributed by atoms with Crippen molar-refractivity contribution in [3.63, 3.8) is 0 Å². The monoisotopic (exact) mass is 315 g/mol. The molecule has 1 heterocycles. The third-order valence-corrected chi connectivity index (χ3v) is 3.39. The van der Waals surface area contributed by atoms with E-state index in [1.807, 2.05) is 5.43 Å². The van der Waals surface area contributed by atoms with Crippen molar-refractivity contribution in [2.75, 3.05) is 6.61 Å². The van der Waals surface area contributed by atoms with Crippen LogP contribution in [0.3, 0.4) is 0 Å². The van der Waals surface area contributed by atoms with Crippen molar-refractivity contribution in [2.24, 2.45) is 5.84 Å². The van der Waals surface area contributed by atoms with Crippen molar-refractivity contribution in [3.8, 4) is 5.75 Å². The molecule has 0 saturated carbocycles. The number of nitrogens with two attached hydrogens (primary N) is 1. The Morgan fingerprint density at radius 3 is 2.95 bits per heavy atom. The average molecular weight is 316 g/mol. The number of amides is 1. The summed E-state index contributed by atoms with van der Waals surface area (Å²) in [6.45, 7) is 0.200. The second-order valence-corrected chi connectivity index (χ2v) is 4.92. The first-order chi connectivity index (χ1) is 10.0. The zero-order valence-corrected chi connectivity index (χ0v) is 11.7. The number of hydrazine groups is 1. The van der Waals surface area contributed by atoms with Crippen molar-refractivity contribution >= 4 is 23.2 Å². The molecule has 3 N–H and O–H groups in total. The van der Waals surface area contributed by atoms with Crippen LogP contribution in [0.15, 0.2) is 18.2 Å². The molecule has 0 bridgehead atoms. The predicted octanol–water partition coefficient (Wildman–Crippen LogP) is 1.16. The van der Waals surface area contributed by atoms with Crippen LogP contribution in [0.4, 0.5) is 5.69 Å². The number of halogens is 1. The summed E-state index contributed by atoms with van der Waals surface area (Å²) < 4.78 is 10.9. The first kappa shape index (κ1) is 15.5. The van der Waals surface area contributed by atoms with E-state index >= 15 is 0 Å². The summed E-state index contributed by atoms with van der Waals surface area (Å²) in [5.74, 6) is 5.00. The highest BCUT2D eigenvalue weighted by molar-refractivity contribution is 6.32. The summed E-state index contributed by atoms with van der Waals surface area (Å²) in [6, 6.07) is 3.96. The maximum Gasteiger partial charge on any atom is 0.271 e. The molecule has 1 aromatic rings.